The van der Waals surface area contributed by atoms with Gasteiger partial charge in [0.2, 0.25) is 5.91 Å². The van der Waals surface area contributed by atoms with Gasteiger partial charge in [0.05, 0.1) is 13.2 Å². The number of morpholine rings is 1. The third-order valence-corrected chi connectivity index (χ3v) is 3.89. The lowest BCUT2D eigenvalue weighted by molar-refractivity contribution is -0.132. The summed E-state index contributed by atoms with van der Waals surface area (Å²) in [5.41, 5.74) is 7.32. The van der Waals surface area contributed by atoms with E-state index in [4.69, 9.17) is 22.1 Å². The molecule has 1 heterocycles. The van der Waals surface area contributed by atoms with Gasteiger partial charge in [-0.15, -0.1) is 0 Å². The van der Waals surface area contributed by atoms with Crippen LogP contribution in [0.25, 0.3) is 0 Å². The van der Waals surface area contributed by atoms with E-state index >= 15 is 0 Å². The maximum atomic E-state index is 12.2. The van der Waals surface area contributed by atoms with Crippen LogP contribution in [0.5, 0.6) is 0 Å². The highest BCUT2D eigenvalue weighted by Gasteiger charge is 2.29. The number of halogens is 1. The molecule has 1 amide bonds. The van der Waals surface area contributed by atoms with Gasteiger partial charge in [-0.3, -0.25) is 9.69 Å². The molecule has 0 saturated carbocycles. The smallest absolute Gasteiger partial charge is 0.239 e. The third-order valence-electron chi connectivity index (χ3n) is 3.54. The Morgan fingerprint density at radius 1 is 1.57 bits per heavy atom. The molecular weight excluding hydrogens is 290 g/mol. The molecule has 1 aliphatic rings. The maximum absolute atomic E-state index is 12.2. The Morgan fingerprint density at radius 3 is 3.10 bits per heavy atom. The maximum Gasteiger partial charge on any atom is 0.239 e. The van der Waals surface area contributed by atoms with Gasteiger partial charge in [-0.2, -0.15) is 0 Å². The number of nitrogens with one attached hydrogen (secondary N) is 1. The number of nitrogens with zero attached hydrogens (tertiary/aromatic N) is 1. The molecule has 0 bridgehead atoms. The summed E-state index contributed by atoms with van der Waals surface area (Å²) in [5.74, 6) is 0.0168. The molecule has 0 spiro atoms. The molecule has 0 aliphatic carbocycles. The lowest BCUT2D eigenvalue weighted by atomic mass is 10.1. The normalized spacial score (nSPS) is 19.4. The van der Waals surface area contributed by atoms with Gasteiger partial charge in [0.25, 0.3) is 0 Å². The zero-order valence-corrected chi connectivity index (χ0v) is 13.0. The largest absolute Gasteiger partial charge is 0.399 e. The number of amides is 1. The minimum atomic E-state index is -0.265. The van der Waals surface area contributed by atoms with Crippen LogP contribution in [0.3, 0.4) is 0 Å². The van der Waals surface area contributed by atoms with Crippen molar-refractivity contribution in [2.75, 3.05) is 32.0 Å². The molecule has 1 aromatic carbocycles. The zero-order valence-electron chi connectivity index (χ0n) is 12.3. The van der Waals surface area contributed by atoms with E-state index in [-0.39, 0.29) is 11.9 Å². The number of carbonyl (C=O) groups excluding carboxylic acids is 1. The third kappa shape index (κ3) is 4.33. The van der Waals surface area contributed by atoms with Crippen LogP contribution in [0, 0.1) is 0 Å². The summed E-state index contributed by atoms with van der Waals surface area (Å²) in [6.45, 7) is 5.10. The lowest BCUT2D eigenvalue weighted by Gasteiger charge is -2.34. The Kier molecular flexibility index (Phi) is 5.85. The number of benzene rings is 1. The van der Waals surface area contributed by atoms with E-state index in [0.717, 1.165) is 12.0 Å². The van der Waals surface area contributed by atoms with Crippen LogP contribution in [-0.2, 0) is 16.1 Å². The summed E-state index contributed by atoms with van der Waals surface area (Å²) in [7, 11) is 0. The summed E-state index contributed by atoms with van der Waals surface area (Å²) >= 11 is 6.22. The fourth-order valence-corrected chi connectivity index (χ4v) is 2.59. The van der Waals surface area contributed by atoms with E-state index in [1.807, 2.05) is 19.1 Å². The predicted octanol–water partition coefficient (Wildman–Crippen LogP) is 1.65. The van der Waals surface area contributed by atoms with Gasteiger partial charge in [-0.25, -0.2) is 0 Å². The molecule has 1 atom stereocenters. The Hall–Kier alpha value is -1.30. The van der Waals surface area contributed by atoms with Crippen LogP contribution in [-0.4, -0.2) is 43.2 Å². The number of nitrogen functional groups attached to an aromatic ring is 1. The number of hydrogen-bond donors (Lipinski definition) is 2. The van der Waals surface area contributed by atoms with Crippen LogP contribution in [0.4, 0.5) is 5.69 Å². The molecule has 5 nitrogen and oxygen atoms in total. The van der Waals surface area contributed by atoms with Gasteiger partial charge in [0, 0.05) is 30.3 Å². The average molecular weight is 312 g/mol. The molecule has 1 aliphatic heterocycles. The van der Waals surface area contributed by atoms with E-state index < -0.39 is 0 Å². The topological polar surface area (TPSA) is 67.6 Å². The van der Waals surface area contributed by atoms with Gasteiger partial charge in [0.1, 0.15) is 6.04 Å². The van der Waals surface area contributed by atoms with Crippen LogP contribution in [0.15, 0.2) is 18.2 Å². The van der Waals surface area contributed by atoms with Crippen molar-refractivity contribution in [2.45, 2.75) is 25.9 Å². The number of nitrogens with two attached hydrogens (primary N) is 1. The second kappa shape index (κ2) is 7.64. The van der Waals surface area contributed by atoms with Gasteiger partial charge in [-0.1, -0.05) is 24.6 Å². The Bertz CT molecular complexity index is 496. The van der Waals surface area contributed by atoms with Gasteiger partial charge in [-0.05, 0) is 24.1 Å². The number of carbonyl (C=O) groups is 1. The van der Waals surface area contributed by atoms with Crippen LogP contribution >= 0.6 is 11.6 Å². The Balaban J connectivity index is 2.06. The minimum absolute atomic E-state index is 0.0168. The van der Waals surface area contributed by atoms with Crippen molar-refractivity contribution in [3.8, 4) is 0 Å². The molecule has 1 saturated heterocycles. The van der Waals surface area contributed by atoms with E-state index in [1.165, 1.54) is 0 Å². The summed E-state index contributed by atoms with van der Waals surface area (Å²) in [4.78, 5) is 14.3. The molecule has 0 aromatic heterocycles. The number of hydrogen-bond acceptors (Lipinski definition) is 4. The summed E-state index contributed by atoms with van der Waals surface area (Å²) in [6, 6.07) is 5.21. The predicted molar refractivity (Wildman–Crippen MR) is 84.2 cm³/mol. The second-order valence-electron chi connectivity index (χ2n) is 5.20. The van der Waals surface area contributed by atoms with E-state index in [1.54, 1.807) is 6.07 Å². The highest BCUT2D eigenvalue weighted by atomic mass is 35.5. The molecular formula is C15H22ClN3O2. The zero-order chi connectivity index (χ0) is 15.2. The monoisotopic (exact) mass is 311 g/mol. The Labute approximate surface area is 130 Å². The highest BCUT2D eigenvalue weighted by Crippen LogP contribution is 2.22. The van der Waals surface area contributed by atoms with Crippen molar-refractivity contribution in [3.05, 3.63) is 28.8 Å². The van der Waals surface area contributed by atoms with Gasteiger partial charge < -0.3 is 15.8 Å². The lowest BCUT2D eigenvalue weighted by Crippen LogP contribution is -2.53. The first kappa shape index (κ1) is 16.1. The Morgan fingerprint density at radius 2 is 2.38 bits per heavy atom. The van der Waals surface area contributed by atoms with Crippen molar-refractivity contribution < 1.29 is 9.53 Å². The first-order valence-electron chi connectivity index (χ1n) is 7.25. The molecule has 1 aromatic rings. The average Bonchev–Trinajstić information content (AvgIpc) is 2.48. The molecule has 3 N–H and O–H groups in total. The molecule has 2 rings (SSSR count). The number of anilines is 1. The van der Waals surface area contributed by atoms with Crippen molar-refractivity contribution >= 4 is 23.2 Å². The molecule has 21 heavy (non-hydrogen) atoms. The van der Waals surface area contributed by atoms with Crippen molar-refractivity contribution in [2.24, 2.45) is 0 Å². The highest BCUT2D eigenvalue weighted by molar-refractivity contribution is 6.31. The van der Waals surface area contributed by atoms with Crippen LogP contribution in [0.1, 0.15) is 18.9 Å². The summed E-state index contributed by atoms with van der Waals surface area (Å²) in [5, 5.41) is 3.56. The van der Waals surface area contributed by atoms with Gasteiger partial charge in [0.15, 0.2) is 0 Å². The fourth-order valence-electron chi connectivity index (χ4n) is 2.35. The number of ether oxygens (including phenoxy) is 1. The van der Waals surface area contributed by atoms with Crippen LogP contribution < -0.4 is 11.1 Å². The standard InChI is InChI=1S/C15H22ClN3O2/c1-2-5-18-15(20)14-10-21-7-6-19(14)9-11-3-4-12(17)8-13(11)16/h3-4,8,14H,2,5-7,9-10,17H2,1H3,(H,18,20). The number of rotatable bonds is 5. The molecule has 116 valence electrons. The van der Waals surface area contributed by atoms with Crippen molar-refractivity contribution in [1.29, 1.82) is 0 Å². The van der Waals surface area contributed by atoms with E-state index in [2.05, 4.69) is 10.2 Å². The first-order valence-corrected chi connectivity index (χ1v) is 7.63. The minimum Gasteiger partial charge on any atom is -0.399 e. The summed E-state index contributed by atoms with van der Waals surface area (Å²) in [6.07, 6.45) is 0.920. The summed E-state index contributed by atoms with van der Waals surface area (Å²) < 4.78 is 5.45. The SMILES string of the molecule is CCCNC(=O)C1COCCN1Cc1ccc(N)cc1Cl. The second-order valence-corrected chi connectivity index (χ2v) is 5.61. The quantitative estimate of drug-likeness (QED) is 0.811. The molecule has 1 fully saturated rings. The van der Waals surface area contributed by atoms with Crippen molar-refractivity contribution in [3.63, 3.8) is 0 Å². The van der Waals surface area contributed by atoms with E-state index in [9.17, 15) is 4.79 Å². The van der Waals surface area contributed by atoms with E-state index in [0.29, 0.717) is 43.6 Å². The molecule has 6 heteroatoms. The van der Waals surface area contributed by atoms with Crippen LogP contribution in [0.2, 0.25) is 5.02 Å². The fraction of sp³-hybridized carbons (Fsp3) is 0.533. The molecule has 1 unspecified atom stereocenters. The molecule has 0 radical (unpaired) electrons. The first-order chi connectivity index (χ1) is 10.1. The van der Waals surface area contributed by atoms with Crippen molar-refractivity contribution in [1.82, 2.24) is 10.2 Å². The van der Waals surface area contributed by atoms with Gasteiger partial charge >= 0.3 is 0 Å².